The molecule has 0 saturated heterocycles. The van der Waals surface area contributed by atoms with Gasteiger partial charge >= 0.3 is 5.97 Å². The van der Waals surface area contributed by atoms with Crippen LogP contribution >= 0.6 is 11.6 Å². The molecule has 2 aromatic carbocycles. The van der Waals surface area contributed by atoms with Gasteiger partial charge in [-0.05, 0) is 35.9 Å². The highest BCUT2D eigenvalue weighted by atomic mass is 35.5. The number of carbonyl (C=O) groups excluding carboxylic acids is 2. The molecule has 0 aliphatic heterocycles. The van der Waals surface area contributed by atoms with E-state index in [1.165, 1.54) is 18.2 Å². The number of hydrogen-bond acceptors (Lipinski definition) is 3. The van der Waals surface area contributed by atoms with Crippen LogP contribution in [0.5, 0.6) is 0 Å². The standard InChI is InChI=1S/C20H21ClN2O4/c1-20(2,3)19(27)22-11-12-4-6-13(7-5-12)17(24)23-14-8-9-15(18(25)26)16(21)10-14/h4-10H,11H2,1-3H3,(H,22,27)(H,23,24)(H,25,26). The number of carboxylic acids is 1. The Bertz CT molecular complexity index is 871. The van der Waals surface area contributed by atoms with E-state index in [4.69, 9.17) is 16.7 Å². The van der Waals surface area contributed by atoms with Gasteiger partial charge in [0.15, 0.2) is 0 Å². The number of aromatic carboxylic acids is 1. The van der Waals surface area contributed by atoms with E-state index in [1.807, 2.05) is 20.8 Å². The van der Waals surface area contributed by atoms with E-state index in [1.54, 1.807) is 24.3 Å². The molecule has 2 amide bonds. The zero-order chi connectivity index (χ0) is 20.2. The molecular weight excluding hydrogens is 368 g/mol. The van der Waals surface area contributed by atoms with Crippen molar-refractivity contribution >= 4 is 35.1 Å². The van der Waals surface area contributed by atoms with Gasteiger partial charge in [-0.25, -0.2) is 4.79 Å². The number of halogens is 1. The lowest BCUT2D eigenvalue weighted by Gasteiger charge is -2.17. The monoisotopic (exact) mass is 388 g/mol. The molecule has 2 rings (SSSR count). The van der Waals surface area contributed by atoms with Crippen LogP contribution in [-0.4, -0.2) is 22.9 Å². The van der Waals surface area contributed by atoms with Crippen molar-refractivity contribution in [1.29, 1.82) is 0 Å². The van der Waals surface area contributed by atoms with E-state index in [0.717, 1.165) is 5.56 Å². The van der Waals surface area contributed by atoms with Crippen LogP contribution in [0.4, 0.5) is 5.69 Å². The molecule has 0 aliphatic carbocycles. The number of anilines is 1. The van der Waals surface area contributed by atoms with Crippen molar-refractivity contribution in [2.75, 3.05) is 5.32 Å². The Kier molecular flexibility index (Phi) is 6.23. The van der Waals surface area contributed by atoms with Crippen molar-refractivity contribution in [3.8, 4) is 0 Å². The number of hydrogen-bond donors (Lipinski definition) is 3. The zero-order valence-corrected chi connectivity index (χ0v) is 16.1. The number of carboxylic acid groups (broad SMARTS) is 1. The lowest BCUT2D eigenvalue weighted by Crippen LogP contribution is -2.34. The van der Waals surface area contributed by atoms with Gasteiger partial charge in [-0.1, -0.05) is 44.5 Å². The topological polar surface area (TPSA) is 95.5 Å². The van der Waals surface area contributed by atoms with Gasteiger partial charge in [0, 0.05) is 23.2 Å². The first kappa shape index (κ1) is 20.5. The molecule has 0 saturated carbocycles. The highest BCUT2D eigenvalue weighted by molar-refractivity contribution is 6.33. The van der Waals surface area contributed by atoms with Crippen LogP contribution < -0.4 is 10.6 Å². The van der Waals surface area contributed by atoms with Crippen LogP contribution in [0.1, 0.15) is 47.1 Å². The van der Waals surface area contributed by atoms with Crippen LogP contribution in [0.25, 0.3) is 0 Å². The summed E-state index contributed by atoms with van der Waals surface area (Å²) < 4.78 is 0. The highest BCUT2D eigenvalue weighted by Gasteiger charge is 2.20. The maximum atomic E-state index is 12.3. The SMILES string of the molecule is CC(C)(C)C(=O)NCc1ccc(C(=O)Nc2ccc(C(=O)O)c(Cl)c2)cc1. The van der Waals surface area contributed by atoms with Crippen LogP contribution in [-0.2, 0) is 11.3 Å². The first-order valence-electron chi connectivity index (χ1n) is 8.29. The molecule has 0 aliphatic rings. The molecular formula is C20H21ClN2O4. The molecule has 7 heteroatoms. The zero-order valence-electron chi connectivity index (χ0n) is 15.3. The van der Waals surface area contributed by atoms with Gasteiger partial charge < -0.3 is 15.7 Å². The van der Waals surface area contributed by atoms with Crippen LogP contribution in [0.3, 0.4) is 0 Å². The predicted octanol–water partition coefficient (Wildman–Crippen LogP) is 3.95. The van der Waals surface area contributed by atoms with E-state index in [2.05, 4.69) is 10.6 Å². The summed E-state index contributed by atoms with van der Waals surface area (Å²) in [6.07, 6.45) is 0. The molecule has 142 valence electrons. The summed E-state index contributed by atoms with van der Waals surface area (Å²) in [5.74, 6) is -1.53. The highest BCUT2D eigenvalue weighted by Crippen LogP contribution is 2.21. The number of nitrogens with one attached hydrogen (secondary N) is 2. The van der Waals surface area contributed by atoms with E-state index in [0.29, 0.717) is 17.8 Å². The minimum atomic E-state index is -1.13. The van der Waals surface area contributed by atoms with Crippen molar-refractivity contribution in [2.45, 2.75) is 27.3 Å². The Hall–Kier alpha value is -2.86. The summed E-state index contributed by atoms with van der Waals surface area (Å²) in [5, 5.41) is 14.5. The molecule has 0 heterocycles. The number of amides is 2. The molecule has 27 heavy (non-hydrogen) atoms. The second kappa shape index (κ2) is 8.22. The molecule has 2 aromatic rings. The summed E-state index contributed by atoms with van der Waals surface area (Å²) in [6, 6.07) is 11.0. The molecule has 0 aromatic heterocycles. The van der Waals surface area contributed by atoms with Gasteiger partial charge in [0.2, 0.25) is 5.91 Å². The molecule has 3 N–H and O–H groups in total. The smallest absolute Gasteiger partial charge is 0.337 e. The summed E-state index contributed by atoms with van der Waals surface area (Å²) in [5.41, 5.74) is 1.21. The van der Waals surface area contributed by atoms with Crippen molar-refractivity contribution in [3.05, 3.63) is 64.2 Å². The maximum Gasteiger partial charge on any atom is 0.337 e. The minimum Gasteiger partial charge on any atom is -0.478 e. The summed E-state index contributed by atoms with van der Waals surface area (Å²) in [4.78, 5) is 35.2. The van der Waals surface area contributed by atoms with E-state index >= 15 is 0 Å². The van der Waals surface area contributed by atoms with Crippen LogP contribution in [0.2, 0.25) is 5.02 Å². The largest absolute Gasteiger partial charge is 0.478 e. The molecule has 0 spiro atoms. The minimum absolute atomic E-state index is 0.0312. The molecule has 0 bridgehead atoms. The van der Waals surface area contributed by atoms with Gasteiger partial charge in [0.05, 0.1) is 10.6 Å². The van der Waals surface area contributed by atoms with E-state index < -0.39 is 11.4 Å². The molecule has 0 atom stereocenters. The Morgan fingerprint density at radius 2 is 1.67 bits per heavy atom. The number of carbonyl (C=O) groups is 3. The normalized spacial score (nSPS) is 11.0. The Balaban J connectivity index is 2.00. The lowest BCUT2D eigenvalue weighted by molar-refractivity contribution is -0.128. The number of rotatable bonds is 5. The van der Waals surface area contributed by atoms with E-state index in [-0.39, 0.29) is 22.4 Å². The van der Waals surface area contributed by atoms with Gasteiger partial charge in [-0.2, -0.15) is 0 Å². The molecule has 0 radical (unpaired) electrons. The molecule has 6 nitrogen and oxygen atoms in total. The van der Waals surface area contributed by atoms with E-state index in [9.17, 15) is 14.4 Å². The van der Waals surface area contributed by atoms with Gasteiger partial charge in [0.25, 0.3) is 5.91 Å². The number of benzene rings is 2. The van der Waals surface area contributed by atoms with Gasteiger partial charge in [-0.15, -0.1) is 0 Å². The van der Waals surface area contributed by atoms with Crippen molar-refractivity contribution in [1.82, 2.24) is 5.32 Å². The molecule has 0 fully saturated rings. The fourth-order valence-corrected chi connectivity index (χ4v) is 2.45. The summed E-state index contributed by atoms with van der Waals surface area (Å²) >= 11 is 5.90. The summed E-state index contributed by atoms with van der Waals surface area (Å²) in [7, 11) is 0. The first-order valence-corrected chi connectivity index (χ1v) is 8.67. The first-order chi connectivity index (χ1) is 12.6. The average molecular weight is 389 g/mol. The predicted molar refractivity (Wildman–Crippen MR) is 104 cm³/mol. The lowest BCUT2D eigenvalue weighted by atomic mass is 9.95. The Morgan fingerprint density at radius 1 is 1.04 bits per heavy atom. The van der Waals surface area contributed by atoms with Gasteiger partial charge in [0.1, 0.15) is 0 Å². The quantitative estimate of drug-likeness (QED) is 0.722. The summed E-state index contributed by atoms with van der Waals surface area (Å²) in [6.45, 7) is 5.89. The van der Waals surface area contributed by atoms with Crippen molar-refractivity contribution in [2.24, 2.45) is 5.41 Å². The second-order valence-corrected chi connectivity index (χ2v) is 7.49. The van der Waals surface area contributed by atoms with Crippen molar-refractivity contribution < 1.29 is 19.5 Å². The average Bonchev–Trinajstić information content (AvgIpc) is 2.59. The fourth-order valence-electron chi connectivity index (χ4n) is 2.19. The van der Waals surface area contributed by atoms with Crippen LogP contribution in [0, 0.1) is 5.41 Å². The Morgan fingerprint density at radius 3 is 2.19 bits per heavy atom. The third kappa shape index (κ3) is 5.56. The fraction of sp³-hybridized carbons (Fsp3) is 0.250. The maximum absolute atomic E-state index is 12.3. The third-order valence-corrected chi connectivity index (χ3v) is 4.12. The van der Waals surface area contributed by atoms with Crippen molar-refractivity contribution in [3.63, 3.8) is 0 Å². The van der Waals surface area contributed by atoms with Crippen LogP contribution in [0.15, 0.2) is 42.5 Å². The second-order valence-electron chi connectivity index (χ2n) is 7.08. The van der Waals surface area contributed by atoms with Gasteiger partial charge in [-0.3, -0.25) is 9.59 Å². The molecule has 0 unspecified atom stereocenters. The Labute approximate surface area is 162 Å². The third-order valence-electron chi connectivity index (χ3n) is 3.81.